The molecular weight excluding hydrogens is 340 g/mol. The van der Waals surface area contributed by atoms with Gasteiger partial charge in [0.15, 0.2) is 5.76 Å². The molecule has 0 atom stereocenters. The van der Waals surface area contributed by atoms with E-state index in [-0.39, 0.29) is 12.3 Å². The van der Waals surface area contributed by atoms with Gasteiger partial charge in [0.2, 0.25) is 5.91 Å². The number of hydrogen-bond donors (Lipinski definition) is 1. The maximum atomic E-state index is 12.0. The normalized spacial score (nSPS) is 10.5. The van der Waals surface area contributed by atoms with E-state index < -0.39 is 0 Å². The zero-order valence-electron chi connectivity index (χ0n) is 13.7. The van der Waals surface area contributed by atoms with Crippen molar-refractivity contribution in [1.29, 1.82) is 0 Å². The van der Waals surface area contributed by atoms with Crippen molar-refractivity contribution < 1.29 is 14.1 Å². The van der Waals surface area contributed by atoms with Gasteiger partial charge < -0.3 is 14.6 Å². The van der Waals surface area contributed by atoms with E-state index in [9.17, 15) is 4.79 Å². The van der Waals surface area contributed by atoms with Crippen molar-refractivity contribution in [2.45, 2.75) is 13.0 Å². The Morgan fingerprint density at radius 3 is 2.56 bits per heavy atom. The minimum atomic E-state index is -0.121. The summed E-state index contributed by atoms with van der Waals surface area (Å²) in [4.78, 5) is 12.0. The summed E-state index contributed by atoms with van der Waals surface area (Å²) in [5.74, 6) is 1.26. The molecule has 1 aromatic heterocycles. The van der Waals surface area contributed by atoms with Crippen LogP contribution in [0.5, 0.6) is 5.75 Å². The molecule has 0 fully saturated rings. The summed E-state index contributed by atoms with van der Waals surface area (Å²) in [5.41, 5.74) is 2.44. The molecule has 0 saturated carbocycles. The number of carbonyl (C=O) groups excluding carboxylic acids is 1. The fourth-order valence-corrected chi connectivity index (χ4v) is 2.44. The van der Waals surface area contributed by atoms with Crippen molar-refractivity contribution in [3.8, 4) is 17.1 Å². The molecule has 25 heavy (non-hydrogen) atoms. The highest BCUT2D eigenvalue weighted by molar-refractivity contribution is 6.30. The SMILES string of the molecule is COc1ccc(-c2cc(CC(=O)NCc3ccc(Cl)cc3)no2)cc1. The first-order chi connectivity index (χ1) is 12.1. The van der Waals surface area contributed by atoms with Gasteiger partial charge in [-0.05, 0) is 42.0 Å². The largest absolute Gasteiger partial charge is 0.497 e. The number of aromatic nitrogens is 1. The number of nitrogens with zero attached hydrogens (tertiary/aromatic N) is 1. The van der Waals surface area contributed by atoms with Crippen LogP contribution in [0.15, 0.2) is 59.1 Å². The predicted molar refractivity (Wildman–Crippen MR) is 95.5 cm³/mol. The first-order valence-electron chi connectivity index (χ1n) is 7.75. The van der Waals surface area contributed by atoms with Gasteiger partial charge in [-0.2, -0.15) is 0 Å². The van der Waals surface area contributed by atoms with Crippen LogP contribution in [0.3, 0.4) is 0 Å². The molecule has 2 aromatic carbocycles. The Bertz CT molecular complexity index is 842. The number of carbonyl (C=O) groups is 1. The molecule has 128 valence electrons. The van der Waals surface area contributed by atoms with Gasteiger partial charge in [0.05, 0.1) is 19.2 Å². The molecule has 1 heterocycles. The summed E-state index contributed by atoms with van der Waals surface area (Å²) in [6, 6.07) is 16.6. The number of halogens is 1. The third kappa shape index (κ3) is 4.61. The van der Waals surface area contributed by atoms with Gasteiger partial charge in [0.25, 0.3) is 0 Å². The van der Waals surface area contributed by atoms with Crippen molar-refractivity contribution in [3.05, 3.63) is 70.9 Å². The third-order valence-corrected chi connectivity index (χ3v) is 3.93. The number of amides is 1. The minimum Gasteiger partial charge on any atom is -0.497 e. The van der Waals surface area contributed by atoms with E-state index in [0.717, 1.165) is 16.9 Å². The summed E-state index contributed by atoms with van der Waals surface area (Å²) < 4.78 is 10.4. The molecule has 0 aliphatic rings. The lowest BCUT2D eigenvalue weighted by Crippen LogP contribution is -2.24. The van der Waals surface area contributed by atoms with Crippen LogP contribution >= 0.6 is 11.6 Å². The molecule has 0 aliphatic heterocycles. The summed E-state index contributed by atoms with van der Waals surface area (Å²) in [5, 5.41) is 7.48. The Morgan fingerprint density at radius 2 is 1.88 bits per heavy atom. The summed E-state index contributed by atoms with van der Waals surface area (Å²) >= 11 is 5.84. The van der Waals surface area contributed by atoms with Gasteiger partial charge in [-0.15, -0.1) is 0 Å². The monoisotopic (exact) mass is 356 g/mol. The Labute approximate surface area is 150 Å². The summed E-state index contributed by atoms with van der Waals surface area (Å²) in [6.07, 6.45) is 0.160. The number of ether oxygens (including phenoxy) is 1. The molecule has 6 heteroatoms. The fraction of sp³-hybridized carbons (Fsp3) is 0.158. The van der Waals surface area contributed by atoms with E-state index in [1.807, 2.05) is 36.4 Å². The Kier molecular flexibility index (Phi) is 5.36. The highest BCUT2D eigenvalue weighted by atomic mass is 35.5. The number of rotatable bonds is 6. The Balaban J connectivity index is 1.56. The van der Waals surface area contributed by atoms with Gasteiger partial charge in [-0.25, -0.2) is 0 Å². The van der Waals surface area contributed by atoms with Crippen LogP contribution in [0.4, 0.5) is 0 Å². The molecule has 0 spiro atoms. The van der Waals surface area contributed by atoms with E-state index in [4.69, 9.17) is 20.9 Å². The lowest BCUT2D eigenvalue weighted by Gasteiger charge is -2.04. The lowest BCUT2D eigenvalue weighted by atomic mass is 10.1. The second-order valence-corrected chi connectivity index (χ2v) is 5.93. The smallest absolute Gasteiger partial charge is 0.226 e. The lowest BCUT2D eigenvalue weighted by molar-refractivity contribution is -0.120. The molecule has 0 unspecified atom stereocenters. The topological polar surface area (TPSA) is 64.4 Å². The van der Waals surface area contributed by atoms with Gasteiger partial charge in [-0.3, -0.25) is 4.79 Å². The standard InChI is InChI=1S/C19H17ClN2O3/c1-24-17-8-4-14(5-9-17)18-10-16(22-25-18)11-19(23)21-12-13-2-6-15(20)7-3-13/h2-10H,11-12H2,1H3,(H,21,23). The van der Waals surface area contributed by atoms with Crippen molar-refractivity contribution in [2.75, 3.05) is 7.11 Å². The molecular formula is C19H17ClN2O3. The van der Waals surface area contributed by atoms with E-state index >= 15 is 0 Å². The van der Waals surface area contributed by atoms with E-state index in [1.165, 1.54) is 0 Å². The predicted octanol–water partition coefficient (Wildman–Crippen LogP) is 3.86. The van der Waals surface area contributed by atoms with Crippen molar-refractivity contribution >= 4 is 17.5 Å². The summed E-state index contributed by atoms with van der Waals surface area (Å²) in [6.45, 7) is 0.444. The van der Waals surface area contributed by atoms with Gasteiger partial charge in [0.1, 0.15) is 5.75 Å². The number of benzene rings is 2. The molecule has 1 amide bonds. The van der Waals surface area contributed by atoms with Crippen molar-refractivity contribution in [2.24, 2.45) is 0 Å². The first-order valence-corrected chi connectivity index (χ1v) is 8.13. The van der Waals surface area contributed by atoms with E-state index in [2.05, 4.69) is 10.5 Å². The van der Waals surface area contributed by atoms with Crippen LogP contribution in [-0.2, 0) is 17.8 Å². The van der Waals surface area contributed by atoms with Gasteiger partial charge >= 0.3 is 0 Å². The fourth-order valence-electron chi connectivity index (χ4n) is 2.32. The Hall–Kier alpha value is -2.79. The number of hydrogen-bond acceptors (Lipinski definition) is 4. The molecule has 0 bridgehead atoms. The molecule has 1 N–H and O–H groups in total. The van der Waals surface area contributed by atoms with Crippen LogP contribution in [0, 0.1) is 0 Å². The second-order valence-electron chi connectivity index (χ2n) is 5.49. The van der Waals surface area contributed by atoms with Crippen LogP contribution in [0.25, 0.3) is 11.3 Å². The minimum absolute atomic E-state index is 0.121. The summed E-state index contributed by atoms with van der Waals surface area (Å²) in [7, 11) is 1.62. The molecule has 0 saturated heterocycles. The highest BCUT2D eigenvalue weighted by Crippen LogP contribution is 2.23. The third-order valence-electron chi connectivity index (χ3n) is 3.68. The average Bonchev–Trinajstić information content (AvgIpc) is 3.10. The number of methoxy groups -OCH3 is 1. The van der Waals surface area contributed by atoms with Crippen molar-refractivity contribution in [1.82, 2.24) is 10.5 Å². The molecule has 0 aliphatic carbocycles. The van der Waals surface area contributed by atoms with Crippen LogP contribution in [-0.4, -0.2) is 18.2 Å². The maximum absolute atomic E-state index is 12.0. The van der Waals surface area contributed by atoms with Crippen molar-refractivity contribution in [3.63, 3.8) is 0 Å². The van der Waals surface area contributed by atoms with Crippen LogP contribution in [0.2, 0.25) is 5.02 Å². The molecule has 3 aromatic rings. The zero-order chi connectivity index (χ0) is 17.6. The average molecular weight is 357 g/mol. The maximum Gasteiger partial charge on any atom is 0.226 e. The highest BCUT2D eigenvalue weighted by Gasteiger charge is 2.11. The van der Waals surface area contributed by atoms with Crippen LogP contribution in [0.1, 0.15) is 11.3 Å². The van der Waals surface area contributed by atoms with Gasteiger partial charge in [0, 0.05) is 23.2 Å². The zero-order valence-corrected chi connectivity index (χ0v) is 14.4. The molecule has 3 rings (SSSR count). The Morgan fingerprint density at radius 1 is 1.16 bits per heavy atom. The molecule has 5 nitrogen and oxygen atoms in total. The van der Waals surface area contributed by atoms with E-state index in [1.54, 1.807) is 25.3 Å². The van der Waals surface area contributed by atoms with Gasteiger partial charge in [-0.1, -0.05) is 28.9 Å². The van der Waals surface area contributed by atoms with E-state index in [0.29, 0.717) is 23.0 Å². The van der Waals surface area contributed by atoms with Crippen LogP contribution < -0.4 is 10.1 Å². The number of nitrogens with one attached hydrogen (secondary N) is 1. The molecule has 0 radical (unpaired) electrons. The first kappa shape index (κ1) is 17.0. The quantitative estimate of drug-likeness (QED) is 0.728. The second kappa shape index (κ2) is 7.85.